The summed E-state index contributed by atoms with van der Waals surface area (Å²) in [5.74, 6) is -0.774. The fourth-order valence-corrected chi connectivity index (χ4v) is 2.57. The smallest absolute Gasteiger partial charge is 0.318 e. The molecule has 1 aliphatic rings. The molecule has 1 rings (SSSR count). The van der Waals surface area contributed by atoms with Gasteiger partial charge in [0.2, 0.25) is 0 Å². The molecule has 1 heterocycles. The van der Waals surface area contributed by atoms with Crippen LogP contribution in [-0.2, 0) is 0 Å². The number of likely N-dealkylation sites (tertiary alicyclic amines) is 1. The fraction of sp³-hybridized carbons (Fsp3) is 1.00. The second kappa shape index (κ2) is 6.05. The van der Waals surface area contributed by atoms with E-state index in [2.05, 4.69) is 19.2 Å². The number of alkyl halides is 3. The number of likely N-dealkylation sites (N-methyl/N-ethyl adjacent to an activating group) is 1. The third-order valence-corrected chi connectivity index (χ3v) is 3.57. The molecule has 0 aromatic heterocycles. The second-order valence-electron chi connectivity index (χ2n) is 5.24. The molecule has 0 bridgehead atoms. The number of hydrogen-bond acceptors (Lipinski definition) is 2. The first kappa shape index (κ1) is 14.8. The lowest BCUT2D eigenvalue weighted by Crippen LogP contribution is -2.51. The molecule has 1 fully saturated rings. The van der Waals surface area contributed by atoms with E-state index >= 15 is 0 Å². The van der Waals surface area contributed by atoms with Crippen molar-refractivity contribution in [2.45, 2.75) is 38.9 Å². The molecular weight excluding hydrogens is 229 g/mol. The van der Waals surface area contributed by atoms with Gasteiger partial charge in [-0.05, 0) is 32.4 Å². The van der Waals surface area contributed by atoms with E-state index in [9.17, 15) is 13.2 Å². The van der Waals surface area contributed by atoms with Crippen LogP contribution in [0.3, 0.4) is 0 Å². The number of hydrogen-bond donors (Lipinski definition) is 1. The molecule has 5 heteroatoms. The summed E-state index contributed by atoms with van der Waals surface area (Å²) in [6, 6.07) is 0.199. The van der Waals surface area contributed by atoms with E-state index < -0.39 is 12.1 Å². The van der Waals surface area contributed by atoms with Crippen molar-refractivity contribution in [1.82, 2.24) is 10.2 Å². The van der Waals surface area contributed by atoms with Gasteiger partial charge in [-0.3, -0.25) is 4.90 Å². The first-order chi connectivity index (χ1) is 7.86. The van der Waals surface area contributed by atoms with E-state index in [0.717, 1.165) is 13.1 Å². The highest BCUT2D eigenvalue weighted by molar-refractivity contribution is 4.84. The van der Waals surface area contributed by atoms with E-state index in [1.165, 1.54) is 0 Å². The number of halogens is 3. The minimum absolute atomic E-state index is 0.161. The first-order valence-corrected chi connectivity index (χ1v) is 6.31. The minimum Gasteiger partial charge on any atom is -0.318 e. The van der Waals surface area contributed by atoms with Gasteiger partial charge in [0.1, 0.15) is 0 Å². The van der Waals surface area contributed by atoms with Gasteiger partial charge in [-0.25, -0.2) is 0 Å². The van der Waals surface area contributed by atoms with Crippen molar-refractivity contribution in [2.75, 3.05) is 26.7 Å². The average Bonchev–Trinajstić information content (AvgIpc) is 2.24. The van der Waals surface area contributed by atoms with Crippen molar-refractivity contribution in [3.05, 3.63) is 0 Å². The maximum absolute atomic E-state index is 12.7. The Morgan fingerprint density at radius 2 is 2.00 bits per heavy atom. The molecule has 0 aromatic carbocycles. The molecule has 0 spiro atoms. The van der Waals surface area contributed by atoms with Crippen molar-refractivity contribution in [1.29, 1.82) is 0 Å². The maximum atomic E-state index is 12.7. The molecule has 17 heavy (non-hydrogen) atoms. The van der Waals surface area contributed by atoms with Crippen LogP contribution in [0, 0.1) is 11.8 Å². The van der Waals surface area contributed by atoms with Crippen molar-refractivity contribution in [3.8, 4) is 0 Å². The summed E-state index contributed by atoms with van der Waals surface area (Å²) in [6.07, 6.45) is -3.11. The third-order valence-electron chi connectivity index (χ3n) is 3.57. The third kappa shape index (κ3) is 4.14. The largest absolute Gasteiger partial charge is 0.393 e. The Kier molecular flexibility index (Phi) is 5.25. The van der Waals surface area contributed by atoms with Crippen LogP contribution >= 0.6 is 0 Å². The fourth-order valence-electron chi connectivity index (χ4n) is 2.57. The van der Waals surface area contributed by atoms with Gasteiger partial charge < -0.3 is 5.32 Å². The summed E-state index contributed by atoms with van der Waals surface area (Å²) in [4.78, 5) is 2.00. The van der Waals surface area contributed by atoms with Crippen LogP contribution in [0.4, 0.5) is 13.2 Å². The lowest BCUT2D eigenvalue weighted by atomic mass is 9.93. The molecule has 2 nitrogen and oxygen atoms in total. The summed E-state index contributed by atoms with van der Waals surface area (Å²) in [6.45, 7) is 5.84. The van der Waals surface area contributed by atoms with Crippen LogP contribution < -0.4 is 5.32 Å². The average molecular weight is 252 g/mol. The summed E-state index contributed by atoms with van der Waals surface area (Å²) in [5.41, 5.74) is 0. The molecule has 0 amide bonds. The zero-order valence-electron chi connectivity index (χ0n) is 10.8. The Labute approximate surface area is 102 Å². The molecule has 2 unspecified atom stereocenters. The molecule has 102 valence electrons. The van der Waals surface area contributed by atoms with Gasteiger partial charge in [0.15, 0.2) is 0 Å². The first-order valence-electron chi connectivity index (χ1n) is 6.31. The van der Waals surface area contributed by atoms with E-state index in [0.29, 0.717) is 12.3 Å². The topological polar surface area (TPSA) is 15.3 Å². The van der Waals surface area contributed by atoms with Gasteiger partial charge >= 0.3 is 6.18 Å². The quantitative estimate of drug-likeness (QED) is 0.827. The molecule has 1 aliphatic heterocycles. The van der Waals surface area contributed by atoms with Crippen molar-refractivity contribution in [2.24, 2.45) is 11.8 Å². The van der Waals surface area contributed by atoms with Gasteiger partial charge in [0.05, 0.1) is 5.92 Å². The van der Waals surface area contributed by atoms with E-state index in [1.807, 2.05) is 11.9 Å². The number of rotatable bonds is 4. The predicted molar refractivity (Wildman–Crippen MR) is 62.9 cm³/mol. The molecule has 0 aromatic rings. The lowest BCUT2D eigenvalue weighted by molar-refractivity contribution is -0.189. The zero-order valence-corrected chi connectivity index (χ0v) is 10.8. The SMILES string of the molecule is CNCC(C(C)C)N1CCCC(C(F)(F)F)C1. The van der Waals surface area contributed by atoms with Crippen LogP contribution in [0.5, 0.6) is 0 Å². The highest BCUT2D eigenvalue weighted by Crippen LogP contribution is 2.34. The predicted octanol–water partition coefficient (Wildman–Crippen LogP) is 2.50. The van der Waals surface area contributed by atoms with Crippen LogP contribution in [0.15, 0.2) is 0 Å². The summed E-state index contributed by atoms with van der Waals surface area (Å²) >= 11 is 0. The van der Waals surface area contributed by atoms with Crippen LogP contribution in [-0.4, -0.2) is 43.8 Å². The molecule has 0 radical (unpaired) electrons. The molecular formula is C12H23F3N2. The van der Waals surface area contributed by atoms with Crippen LogP contribution in [0.1, 0.15) is 26.7 Å². The van der Waals surface area contributed by atoms with E-state index in [4.69, 9.17) is 0 Å². The number of nitrogens with one attached hydrogen (secondary N) is 1. The highest BCUT2D eigenvalue weighted by atomic mass is 19.4. The van der Waals surface area contributed by atoms with Gasteiger partial charge in [0.25, 0.3) is 0 Å². The van der Waals surface area contributed by atoms with Crippen molar-refractivity contribution in [3.63, 3.8) is 0 Å². The Morgan fingerprint density at radius 1 is 1.35 bits per heavy atom. The molecule has 2 atom stereocenters. The maximum Gasteiger partial charge on any atom is 0.393 e. The Morgan fingerprint density at radius 3 is 2.47 bits per heavy atom. The van der Waals surface area contributed by atoms with Gasteiger partial charge in [-0.2, -0.15) is 13.2 Å². The summed E-state index contributed by atoms with van der Waals surface area (Å²) in [5, 5.41) is 3.08. The molecule has 1 saturated heterocycles. The van der Waals surface area contributed by atoms with E-state index in [-0.39, 0.29) is 19.0 Å². The number of nitrogens with zero attached hydrogens (tertiary/aromatic N) is 1. The van der Waals surface area contributed by atoms with Crippen LogP contribution in [0.2, 0.25) is 0 Å². The molecule has 1 N–H and O–H groups in total. The monoisotopic (exact) mass is 252 g/mol. The van der Waals surface area contributed by atoms with Gasteiger partial charge in [-0.1, -0.05) is 13.8 Å². The van der Waals surface area contributed by atoms with Gasteiger partial charge in [-0.15, -0.1) is 0 Å². The van der Waals surface area contributed by atoms with Crippen molar-refractivity contribution < 1.29 is 13.2 Å². The zero-order chi connectivity index (χ0) is 13.1. The van der Waals surface area contributed by atoms with Crippen molar-refractivity contribution >= 4 is 0 Å². The summed E-state index contributed by atoms with van der Waals surface area (Å²) < 4.78 is 38.2. The number of piperidine rings is 1. The minimum atomic E-state index is -4.04. The lowest BCUT2D eigenvalue weighted by Gasteiger charge is -2.40. The second-order valence-corrected chi connectivity index (χ2v) is 5.24. The highest BCUT2D eigenvalue weighted by Gasteiger charge is 2.42. The Bertz CT molecular complexity index is 228. The Balaban J connectivity index is 2.63. The Hall–Kier alpha value is -0.290. The van der Waals surface area contributed by atoms with E-state index in [1.54, 1.807) is 0 Å². The van der Waals surface area contributed by atoms with Gasteiger partial charge in [0, 0.05) is 19.1 Å². The van der Waals surface area contributed by atoms with Crippen LogP contribution in [0.25, 0.3) is 0 Å². The molecule has 0 saturated carbocycles. The summed E-state index contributed by atoms with van der Waals surface area (Å²) in [7, 11) is 1.85. The normalized spacial score (nSPS) is 25.2. The standard InChI is InChI=1S/C12H23F3N2/c1-9(2)11(7-16-3)17-6-4-5-10(8-17)12(13,14)15/h9-11,16H,4-8H2,1-3H3. The molecule has 0 aliphatic carbocycles.